The van der Waals surface area contributed by atoms with Gasteiger partial charge in [0.05, 0.1) is 17.1 Å². The molecule has 4 rings (SSSR count). The van der Waals surface area contributed by atoms with Crippen LogP contribution in [0.3, 0.4) is 0 Å². The zero-order chi connectivity index (χ0) is 18.8. The molecular weight excluding hydrogens is 356 g/mol. The molecule has 4 aromatic rings. The van der Waals surface area contributed by atoms with E-state index in [2.05, 4.69) is 65.7 Å². The number of aryl methyl sites for hydroxylation is 2. The molecule has 0 fully saturated rings. The van der Waals surface area contributed by atoms with Crippen LogP contribution in [0.1, 0.15) is 27.7 Å². The summed E-state index contributed by atoms with van der Waals surface area (Å²) in [7, 11) is 0. The van der Waals surface area contributed by atoms with Crippen LogP contribution in [-0.4, -0.2) is 14.9 Å². The van der Waals surface area contributed by atoms with Gasteiger partial charge in [-0.05, 0) is 36.6 Å². The number of thioether (sulfide) groups is 1. The standard InChI is InChI=1S/C21H20N4OS/c1-14-8-6-7-11-17(14)19(16-9-4-3-5-10-16)27-21-24-23-20(25(21)22)18-12-13-26-15(18)2/h3-13,19H,22H2,1-2H3. The molecule has 2 N–H and O–H groups in total. The second-order valence-corrected chi connectivity index (χ2v) is 7.40. The van der Waals surface area contributed by atoms with Gasteiger partial charge in [-0.3, -0.25) is 0 Å². The minimum atomic E-state index is 0.0668. The highest BCUT2D eigenvalue weighted by atomic mass is 32.2. The van der Waals surface area contributed by atoms with Crippen LogP contribution in [0.5, 0.6) is 0 Å². The number of aromatic nitrogens is 3. The van der Waals surface area contributed by atoms with Gasteiger partial charge in [0, 0.05) is 0 Å². The maximum absolute atomic E-state index is 6.34. The largest absolute Gasteiger partial charge is 0.469 e. The molecule has 2 aromatic heterocycles. The van der Waals surface area contributed by atoms with Crippen molar-refractivity contribution in [2.75, 3.05) is 5.84 Å². The number of nitrogens with two attached hydrogens (primary N) is 1. The fourth-order valence-corrected chi connectivity index (χ4v) is 4.27. The topological polar surface area (TPSA) is 69.9 Å². The van der Waals surface area contributed by atoms with Crippen molar-refractivity contribution in [2.45, 2.75) is 24.3 Å². The average molecular weight is 376 g/mol. The molecule has 2 heterocycles. The van der Waals surface area contributed by atoms with Crippen molar-refractivity contribution in [3.05, 3.63) is 89.4 Å². The van der Waals surface area contributed by atoms with Crippen molar-refractivity contribution in [3.8, 4) is 11.4 Å². The Morgan fingerprint density at radius 2 is 1.70 bits per heavy atom. The van der Waals surface area contributed by atoms with Gasteiger partial charge in [-0.15, -0.1) is 10.2 Å². The fourth-order valence-electron chi connectivity index (χ4n) is 3.08. The second kappa shape index (κ2) is 7.32. The third-order valence-corrected chi connectivity index (χ3v) is 5.81. The van der Waals surface area contributed by atoms with Gasteiger partial charge < -0.3 is 10.3 Å². The van der Waals surface area contributed by atoms with Crippen LogP contribution in [0.25, 0.3) is 11.4 Å². The lowest BCUT2D eigenvalue weighted by atomic mass is 10.0. The summed E-state index contributed by atoms with van der Waals surface area (Å²) in [6.45, 7) is 4.01. The van der Waals surface area contributed by atoms with E-state index >= 15 is 0 Å². The molecule has 0 aliphatic carbocycles. The minimum absolute atomic E-state index is 0.0668. The van der Waals surface area contributed by atoms with Crippen molar-refractivity contribution < 1.29 is 4.42 Å². The molecule has 1 atom stereocenters. The first-order chi connectivity index (χ1) is 13.1. The van der Waals surface area contributed by atoms with Crippen molar-refractivity contribution in [1.29, 1.82) is 0 Å². The van der Waals surface area contributed by atoms with E-state index < -0.39 is 0 Å². The molecule has 5 nitrogen and oxygen atoms in total. The molecule has 2 aromatic carbocycles. The molecule has 1 unspecified atom stereocenters. The van der Waals surface area contributed by atoms with Gasteiger partial charge in [-0.2, -0.15) is 0 Å². The first kappa shape index (κ1) is 17.4. The molecule has 0 saturated heterocycles. The second-order valence-electron chi connectivity index (χ2n) is 6.33. The predicted octanol–water partition coefficient (Wildman–Crippen LogP) is 4.75. The third kappa shape index (κ3) is 3.36. The van der Waals surface area contributed by atoms with Gasteiger partial charge in [-0.1, -0.05) is 66.4 Å². The summed E-state index contributed by atoms with van der Waals surface area (Å²) in [4.78, 5) is 0. The Morgan fingerprint density at radius 3 is 2.41 bits per heavy atom. The molecule has 0 spiro atoms. The van der Waals surface area contributed by atoms with Gasteiger partial charge in [0.25, 0.3) is 0 Å². The van der Waals surface area contributed by atoms with Crippen molar-refractivity contribution in [3.63, 3.8) is 0 Å². The van der Waals surface area contributed by atoms with Crippen LogP contribution < -0.4 is 5.84 Å². The molecule has 0 bridgehead atoms. The Bertz CT molecular complexity index is 1060. The van der Waals surface area contributed by atoms with Gasteiger partial charge in [0.2, 0.25) is 5.16 Å². The molecule has 0 aliphatic heterocycles. The molecule has 0 aliphatic rings. The smallest absolute Gasteiger partial charge is 0.211 e. The zero-order valence-corrected chi connectivity index (χ0v) is 16.0. The van der Waals surface area contributed by atoms with E-state index in [-0.39, 0.29) is 5.25 Å². The molecule has 0 saturated carbocycles. The molecule has 136 valence electrons. The minimum Gasteiger partial charge on any atom is -0.469 e. The molecule has 0 radical (unpaired) electrons. The monoisotopic (exact) mass is 376 g/mol. The summed E-state index contributed by atoms with van der Waals surface area (Å²) >= 11 is 1.59. The summed E-state index contributed by atoms with van der Waals surface area (Å²) in [6, 6.07) is 20.6. The normalized spacial score (nSPS) is 12.2. The average Bonchev–Trinajstić information content (AvgIpc) is 3.26. The summed E-state index contributed by atoms with van der Waals surface area (Å²) in [5, 5.41) is 9.35. The van der Waals surface area contributed by atoms with Crippen molar-refractivity contribution >= 4 is 11.8 Å². The first-order valence-corrected chi connectivity index (χ1v) is 9.55. The zero-order valence-electron chi connectivity index (χ0n) is 15.2. The van der Waals surface area contributed by atoms with Gasteiger partial charge in [0.1, 0.15) is 5.76 Å². The Morgan fingerprint density at radius 1 is 0.963 bits per heavy atom. The Hall–Kier alpha value is -2.99. The van der Waals surface area contributed by atoms with Crippen LogP contribution in [0.15, 0.2) is 76.5 Å². The summed E-state index contributed by atoms with van der Waals surface area (Å²) in [5.74, 6) is 7.70. The highest BCUT2D eigenvalue weighted by Gasteiger charge is 2.22. The fraction of sp³-hybridized carbons (Fsp3) is 0.143. The number of hydrogen-bond donors (Lipinski definition) is 1. The Balaban J connectivity index is 1.74. The summed E-state index contributed by atoms with van der Waals surface area (Å²) < 4.78 is 6.91. The molecule has 27 heavy (non-hydrogen) atoms. The Labute approximate surface area is 162 Å². The quantitative estimate of drug-likeness (QED) is 0.402. The van der Waals surface area contributed by atoms with Crippen molar-refractivity contribution in [1.82, 2.24) is 14.9 Å². The lowest BCUT2D eigenvalue weighted by Gasteiger charge is -2.19. The van der Waals surface area contributed by atoms with Crippen LogP contribution in [0.4, 0.5) is 0 Å². The van der Waals surface area contributed by atoms with E-state index in [1.54, 1.807) is 18.0 Å². The maximum Gasteiger partial charge on any atom is 0.211 e. The van der Waals surface area contributed by atoms with Gasteiger partial charge >= 0.3 is 0 Å². The highest BCUT2D eigenvalue weighted by Crippen LogP contribution is 2.41. The van der Waals surface area contributed by atoms with E-state index in [1.165, 1.54) is 21.4 Å². The van der Waals surface area contributed by atoms with E-state index in [0.717, 1.165) is 11.3 Å². The highest BCUT2D eigenvalue weighted by molar-refractivity contribution is 7.99. The number of hydrogen-bond acceptors (Lipinski definition) is 5. The number of rotatable bonds is 5. The Kier molecular flexibility index (Phi) is 4.73. The van der Waals surface area contributed by atoms with Crippen LogP contribution in [0.2, 0.25) is 0 Å². The predicted molar refractivity (Wildman–Crippen MR) is 108 cm³/mol. The van der Waals surface area contributed by atoms with E-state index in [0.29, 0.717) is 11.0 Å². The van der Waals surface area contributed by atoms with Crippen LogP contribution >= 0.6 is 11.8 Å². The third-order valence-electron chi connectivity index (χ3n) is 4.56. The van der Waals surface area contributed by atoms with E-state index in [4.69, 9.17) is 10.3 Å². The maximum atomic E-state index is 6.34. The van der Waals surface area contributed by atoms with Crippen LogP contribution in [0, 0.1) is 13.8 Å². The summed E-state index contributed by atoms with van der Waals surface area (Å²) in [6.07, 6.45) is 1.63. The molecule has 6 heteroatoms. The van der Waals surface area contributed by atoms with Gasteiger partial charge in [-0.25, -0.2) is 4.68 Å². The molecule has 0 amide bonds. The van der Waals surface area contributed by atoms with E-state index in [9.17, 15) is 0 Å². The SMILES string of the molecule is Cc1ccccc1C(Sc1nnc(-c2ccoc2C)n1N)c1ccccc1. The number of nitrogens with zero attached hydrogens (tertiary/aromatic N) is 3. The lowest BCUT2D eigenvalue weighted by Crippen LogP contribution is -2.12. The van der Waals surface area contributed by atoms with Gasteiger partial charge in [0.15, 0.2) is 5.82 Å². The number of furan rings is 1. The summed E-state index contributed by atoms with van der Waals surface area (Å²) in [5.41, 5.74) is 4.51. The van der Waals surface area contributed by atoms with Crippen molar-refractivity contribution in [2.24, 2.45) is 0 Å². The molecular formula is C21H20N4OS. The number of benzene rings is 2. The van der Waals surface area contributed by atoms with Crippen LogP contribution in [-0.2, 0) is 0 Å². The first-order valence-electron chi connectivity index (χ1n) is 8.67. The lowest BCUT2D eigenvalue weighted by molar-refractivity contribution is 0.535. The number of nitrogen functional groups attached to an aromatic ring is 1. The van der Waals surface area contributed by atoms with E-state index in [1.807, 2.05) is 19.1 Å².